The van der Waals surface area contributed by atoms with Crippen LogP contribution in [0.25, 0.3) is 17.1 Å². The van der Waals surface area contributed by atoms with Gasteiger partial charge < -0.3 is 5.11 Å². The fraction of sp³-hybridized carbons (Fsp3) is 0.0952. The van der Waals surface area contributed by atoms with Gasteiger partial charge in [0, 0.05) is 16.7 Å². The van der Waals surface area contributed by atoms with Crippen LogP contribution in [-0.4, -0.2) is 29.8 Å². The van der Waals surface area contributed by atoms with Crippen LogP contribution in [0, 0.1) is 24.0 Å². The Balaban J connectivity index is 1.94. The van der Waals surface area contributed by atoms with E-state index >= 15 is 0 Å². The minimum Gasteiger partial charge on any atom is -0.507 e. The normalized spacial score (nSPS) is 10.9. The van der Waals surface area contributed by atoms with Crippen molar-refractivity contribution in [2.45, 2.75) is 24.0 Å². The van der Waals surface area contributed by atoms with E-state index in [1.165, 1.54) is 18.3 Å². The van der Waals surface area contributed by atoms with Crippen LogP contribution in [0.5, 0.6) is 5.75 Å². The molecule has 0 saturated heterocycles. The van der Waals surface area contributed by atoms with Gasteiger partial charge in [-0.25, -0.2) is 4.98 Å². The number of aromatic nitrogens is 4. The molecule has 31 heavy (non-hydrogen) atoms. The van der Waals surface area contributed by atoms with E-state index in [-0.39, 0.29) is 16.5 Å². The van der Waals surface area contributed by atoms with Crippen molar-refractivity contribution in [3.8, 4) is 22.8 Å². The molecule has 2 aromatic carbocycles. The summed E-state index contributed by atoms with van der Waals surface area (Å²) in [7, 11) is 0. The van der Waals surface area contributed by atoms with E-state index in [1.54, 1.807) is 22.8 Å². The monoisotopic (exact) mass is 497 g/mol. The summed E-state index contributed by atoms with van der Waals surface area (Å²) < 4.78 is 2.55. The van der Waals surface area contributed by atoms with Gasteiger partial charge in [0.2, 0.25) is 5.16 Å². The molecule has 8 nitrogen and oxygen atoms in total. The molecule has 1 N–H and O–H groups in total. The number of halogens is 1. The molecule has 156 valence electrons. The molecule has 4 aromatic rings. The Labute approximate surface area is 190 Å². The van der Waals surface area contributed by atoms with Crippen LogP contribution in [-0.2, 0) is 0 Å². The summed E-state index contributed by atoms with van der Waals surface area (Å²) in [5.41, 5.74) is 3.22. The van der Waals surface area contributed by atoms with Crippen LogP contribution in [0.4, 0.5) is 5.69 Å². The first-order valence-electron chi connectivity index (χ1n) is 9.14. The molecule has 0 atom stereocenters. The predicted molar refractivity (Wildman–Crippen MR) is 121 cm³/mol. The lowest BCUT2D eigenvalue weighted by molar-refractivity contribution is -0.388. The van der Waals surface area contributed by atoms with Crippen LogP contribution in [0.3, 0.4) is 0 Å². The number of aryl methyl sites for hydroxylation is 2. The van der Waals surface area contributed by atoms with E-state index in [0.29, 0.717) is 16.5 Å². The summed E-state index contributed by atoms with van der Waals surface area (Å²) in [5.74, 6) is 0.453. The maximum atomic E-state index is 11.4. The third-order valence-corrected chi connectivity index (χ3v) is 6.01. The number of phenols is 1. The number of nitro groups is 1. The molecule has 2 aromatic heterocycles. The topological polar surface area (TPSA) is 107 Å². The van der Waals surface area contributed by atoms with Crippen molar-refractivity contribution in [1.29, 1.82) is 0 Å². The number of benzene rings is 2. The van der Waals surface area contributed by atoms with Crippen molar-refractivity contribution in [2.24, 2.45) is 0 Å². The molecule has 0 spiro atoms. The zero-order valence-corrected chi connectivity index (χ0v) is 18.9. The molecule has 0 aliphatic carbocycles. The Bertz CT molecular complexity index is 1310. The van der Waals surface area contributed by atoms with Crippen LogP contribution in [0.15, 0.2) is 69.4 Å². The van der Waals surface area contributed by atoms with Gasteiger partial charge in [-0.05, 0) is 61.5 Å². The maximum Gasteiger partial charge on any atom is 0.301 e. The van der Waals surface area contributed by atoms with Crippen LogP contribution < -0.4 is 0 Å². The van der Waals surface area contributed by atoms with Crippen LogP contribution >= 0.6 is 27.7 Å². The second-order valence-electron chi connectivity index (χ2n) is 6.78. The zero-order valence-electron chi connectivity index (χ0n) is 16.5. The van der Waals surface area contributed by atoms with Gasteiger partial charge in [-0.3, -0.25) is 14.7 Å². The first-order chi connectivity index (χ1) is 14.8. The maximum absolute atomic E-state index is 11.4. The van der Waals surface area contributed by atoms with E-state index in [0.717, 1.165) is 33.0 Å². The second-order valence-corrected chi connectivity index (χ2v) is 8.65. The summed E-state index contributed by atoms with van der Waals surface area (Å²) in [6, 6.07) is 13.9. The Hall–Kier alpha value is -3.24. The third kappa shape index (κ3) is 4.17. The number of hydrogen-bond donors (Lipinski definition) is 1. The minimum atomic E-state index is -0.478. The highest BCUT2D eigenvalue weighted by Crippen LogP contribution is 2.38. The fourth-order valence-electron chi connectivity index (χ4n) is 3.16. The summed E-state index contributed by atoms with van der Waals surface area (Å²) in [5, 5.41) is 31.1. The predicted octanol–water partition coefficient (Wildman–Crippen LogP) is 5.47. The Morgan fingerprint density at radius 3 is 2.68 bits per heavy atom. The molecule has 0 aliphatic heterocycles. The van der Waals surface area contributed by atoms with Crippen LogP contribution in [0.2, 0.25) is 0 Å². The summed E-state index contributed by atoms with van der Waals surface area (Å²) >= 11 is 4.47. The number of aromatic hydroxyl groups is 1. The number of phenolic OH excluding ortho intramolecular Hbond substituents is 1. The van der Waals surface area contributed by atoms with E-state index < -0.39 is 4.92 Å². The summed E-state index contributed by atoms with van der Waals surface area (Å²) in [6.07, 6.45) is 1.49. The average molecular weight is 498 g/mol. The highest BCUT2D eigenvalue weighted by Gasteiger charge is 2.24. The van der Waals surface area contributed by atoms with Gasteiger partial charge in [0.25, 0.3) is 0 Å². The van der Waals surface area contributed by atoms with Gasteiger partial charge in [0.05, 0.1) is 16.2 Å². The average Bonchev–Trinajstić information content (AvgIpc) is 3.13. The fourth-order valence-corrected chi connectivity index (χ4v) is 4.41. The summed E-state index contributed by atoms with van der Waals surface area (Å²) in [4.78, 5) is 15.1. The molecule has 10 heteroatoms. The summed E-state index contributed by atoms with van der Waals surface area (Å²) in [6.45, 7) is 3.96. The number of pyridine rings is 1. The molecule has 0 aliphatic rings. The quantitative estimate of drug-likeness (QED) is 0.287. The molecule has 0 bridgehead atoms. The molecule has 2 heterocycles. The van der Waals surface area contributed by atoms with Gasteiger partial charge in [-0.15, -0.1) is 10.2 Å². The van der Waals surface area contributed by atoms with Gasteiger partial charge in [0.1, 0.15) is 5.75 Å². The molecule has 4 rings (SSSR count). The molecule has 0 radical (unpaired) electrons. The molecule has 0 saturated carbocycles. The molecule has 0 amide bonds. The molecule has 0 unspecified atom stereocenters. The van der Waals surface area contributed by atoms with E-state index in [9.17, 15) is 15.2 Å². The van der Waals surface area contributed by atoms with Gasteiger partial charge in [0.15, 0.2) is 10.9 Å². The van der Waals surface area contributed by atoms with Crippen molar-refractivity contribution in [3.63, 3.8) is 0 Å². The van der Waals surface area contributed by atoms with Crippen molar-refractivity contribution >= 4 is 33.4 Å². The largest absolute Gasteiger partial charge is 0.507 e. The first-order valence-corrected chi connectivity index (χ1v) is 10.8. The second kappa shape index (κ2) is 8.48. The molecular weight excluding hydrogens is 482 g/mol. The standard InChI is InChI=1S/C21H16BrN5O3S/c1-12-5-7-16(13(2)10-12)26-19(15-11-14(22)6-8-18(15)28)24-25-21(26)31-20-17(27(29)30)4-3-9-23-20/h3-11,28H,1-2H3. The van der Waals surface area contributed by atoms with Gasteiger partial charge >= 0.3 is 5.69 Å². The van der Waals surface area contributed by atoms with E-state index in [2.05, 4.69) is 31.1 Å². The van der Waals surface area contributed by atoms with Gasteiger partial charge in [-0.2, -0.15) is 0 Å². The third-order valence-electron chi connectivity index (χ3n) is 4.56. The highest BCUT2D eigenvalue weighted by atomic mass is 79.9. The molecular formula is C21H16BrN5O3S. The van der Waals surface area contributed by atoms with E-state index in [1.807, 2.05) is 32.0 Å². The lowest BCUT2D eigenvalue weighted by Crippen LogP contribution is -2.03. The van der Waals surface area contributed by atoms with E-state index in [4.69, 9.17) is 0 Å². The minimum absolute atomic E-state index is 0.0435. The zero-order chi connectivity index (χ0) is 22.1. The first kappa shape index (κ1) is 21.0. The number of rotatable bonds is 5. The highest BCUT2D eigenvalue weighted by molar-refractivity contribution is 9.10. The smallest absolute Gasteiger partial charge is 0.301 e. The van der Waals surface area contributed by atoms with Crippen molar-refractivity contribution in [1.82, 2.24) is 19.7 Å². The van der Waals surface area contributed by atoms with Gasteiger partial charge in [-0.1, -0.05) is 33.6 Å². The molecule has 0 fully saturated rings. The lowest BCUT2D eigenvalue weighted by Gasteiger charge is -2.14. The van der Waals surface area contributed by atoms with Crippen molar-refractivity contribution in [3.05, 3.63) is 80.4 Å². The van der Waals surface area contributed by atoms with Crippen LogP contribution in [0.1, 0.15) is 11.1 Å². The van der Waals surface area contributed by atoms with Crippen molar-refractivity contribution in [2.75, 3.05) is 0 Å². The Morgan fingerprint density at radius 1 is 1.13 bits per heavy atom. The number of hydrogen-bond acceptors (Lipinski definition) is 7. The SMILES string of the molecule is Cc1ccc(-n2c(Sc3ncccc3[N+](=O)[O-])nnc2-c2cc(Br)ccc2O)c(C)c1. The Morgan fingerprint density at radius 2 is 1.94 bits per heavy atom. The van der Waals surface area contributed by atoms with Crippen molar-refractivity contribution < 1.29 is 10.0 Å². The number of nitrogens with zero attached hydrogens (tertiary/aromatic N) is 5. The lowest BCUT2D eigenvalue weighted by atomic mass is 10.1. The Kier molecular flexibility index (Phi) is 5.75.